The van der Waals surface area contributed by atoms with Gasteiger partial charge in [0.25, 0.3) is 0 Å². The van der Waals surface area contributed by atoms with Crippen molar-refractivity contribution < 1.29 is 35.8 Å². The van der Waals surface area contributed by atoms with Crippen LogP contribution in [0.15, 0.2) is 57.8 Å². The van der Waals surface area contributed by atoms with E-state index in [1.54, 1.807) is 37.3 Å². The lowest BCUT2D eigenvalue weighted by atomic mass is 10.1. The Kier molecular flexibility index (Phi) is 8.07. The third-order valence-corrected chi connectivity index (χ3v) is 8.72. The van der Waals surface area contributed by atoms with Crippen molar-refractivity contribution in [3.05, 3.63) is 70.7 Å². The zero-order chi connectivity index (χ0) is 28.5. The maximum Gasteiger partial charge on any atom is 0.204 e. The second-order valence-electron chi connectivity index (χ2n) is 8.72. The van der Waals surface area contributed by atoms with Crippen molar-refractivity contribution in [2.75, 3.05) is 26.2 Å². The first-order valence-corrected chi connectivity index (χ1v) is 15.5. The predicted molar refractivity (Wildman–Crippen MR) is 144 cm³/mol. The number of aromatic nitrogens is 3. The van der Waals surface area contributed by atoms with E-state index < -0.39 is 37.3 Å². The summed E-state index contributed by atoms with van der Waals surface area (Å²) in [6, 6.07) is 12.3. The molecule has 14 heteroatoms. The van der Waals surface area contributed by atoms with Crippen LogP contribution < -0.4 is 9.47 Å². The molecule has 39 heavy (non-hydrogen) atoms. The molecule has 0 bridgehead atoms. The third-order valence-electron chi connectivity index (χ3n) is 5.81. The van der Waals surface area contributed by atoms with Crippen molar-refractivity contribution in [1.82, 2.24) is 14.8 Å². The summed E-state index contributed by atoms with van der Waals surface area (Å²) in [7, 11) is -4.99. The van der Waals surface area contributed by atoms with E-state index in [2.05, 4.69) is 10.2 Å². The van der Waals surface area contributed by atoms with Crippen molar-refractivity contribution in [2.45, 2.75) is 23.7 Å². The van der Waals surface area contributed by atoms with Crippen molar-refractivity contribution in [3.8, 4) is 28.8 Å². The average Bonchev–Trinajstić information content (AvgIpc) is 3.47. The van der Waals surface area contributed by atoms with E-state index in [-0.39, 0.29) is 27.1 Å². The average molecular weight is 596 g/mol. The largest absolute Gasteiger partial charge is 0.494 e. The van der Waals surface area contributed by atoms with E-state index in [9.17, 15) is 21.9 Å². The number of halogens is 1. The van der Waals surface area contributed by atoms with Gasteiger partial charge in [0.05, 0.1) is 31.0 Å². The number of aliphatic hydroxyl groups excluding tert-OH is 1. The maximum atomic E-state index is 13.4. The molecular weight excluding hydrogens is 570 g/mol. The zero-order valence-electron chi connectivity index (χ0n) is 21.5. The topological polar surface area (TPSA) is 151 Å². The van der Waals surface area contributed by atoms with Crippen molar-refractivity contribution in [3.63, 3.8) is 0 Å². The first kappa shape index (κ1) is 28.6. The summed E-state index contributed by atoms with van der Waals surface area (Å²) in [5.41, 5.74) is 0.268. The lowest BCUT2D eigenvalue weighted by Gasteiger charge is -2.18. The number of benzene rings is 2. The van der Waals surface area contributed by atoms with Crippen LogP contribution in [-0.4, -0.2) is 62.9 Å². The molecule has 1 atom stereocenters. The molecule has 208 valence electrons. The smallest absolute Gasteiger partial charge is 0.204 e. The highest BCUT2D eigenvalue weighted by atomic mass is 35.5. The van der Waals surface area contributed by atoms with Crippen LogP contribution in [-0.2, 0) is 25.4 Å². The summed E-state index contributed by atoms with van der Waals surface area (Å²) in [5.74, 6) is 0.404. The van der Waals surface area contributed by atoms with Crippen LogP contribution >= 0.6 is 11.6 Å². The molecular formula is C25H26ClN3O8S2. The molecule has 2 aromatic heterocycles. The molecule has 0 aliphatic carbocycles. The molecule has 4 aromatic rings. The molecule has 0 fully saturated rings. The predicted octanol–water partition coefficient (Wildman–Crippen LogP) is 3.56. The Morgan fingerprint density at radius 1 is 1.03 bits per heavy atom. The van der Waals surface area contributed by atoms with E-state index in [1.165, 1.54) is 37.0 Å². The van der Waals surface area contributed by atoms with Gasteiger partial charge in [-0.25, -0.2) is 16.8 Å². The van der Waals surface area contributed by atoms with Crippen LogP contribution in [0.25, 0.3) is 17.3 Å². The van der Waals surface area contributed by atoms with Gasteiger partial charge in [0.1, 0.15) is 28.7 Å². The molecule has 2 aromatic carbocycles. The Morgan fingerprint density at radius 3 is 2.26 bits per heavy atom. The summed E-state index contributed by atoms with van der Waals surface area (Å²) in [5, 5.41) is 19.3. The molecule has 0 aliphatic rings. The van der Waals surface area contributed by atoms with Crippen LogP contribution in [0.5, 0.6) is 11.5 Å². The quantitative estimate of drug-likeness (QED) is 0.288. The molecule has 0 unspecified atom stereocenters. The molecule has 11 nitrogen and oxygen atoms in total. The number of hydrogen-bond donors (Lipinski definition) is 1. The van der Waals surface area contributed by atoms with E-state index in [1.807, 2.05) is 0 Å². The minimum absolute atomic E-state index is 0.00602. The van der Waals surface area contributed by atoms with Gasteiger partial charge in [-0.05, 0) is 43.3 Å². The lowest BCUT2D eigenvalue weighted by Crippen LogP contribution is -2.20. The van der Waals surface area contributed by atoms with E-state index in [0.717, 1.165) is 6.26 Å². The molecule has 1 N–H and O–H groups in total. The van der Waals surface area contributed by atoms with Crippen molar-refractivity contribution in [1.29, 1.82) is 0 Å². The number of ether oxygens (including phenoxy) is 2. The van der Waals surface area contributed by atoms with Crippen LogP contribution in [0, 0.1) is 6.92 Å². The number of hydrogen-bond acceptors (Lipinski definition) is 10. The normalized spacial score (nSPS) is 12.9. The van der Waals surface area contributed by atoms with Gasteiger partial charge in [-0.3, -0.25) is 4.57 Å². The van der Waals surface area contributed by atoms with Crippen LogP contribution in [0.2, 0.25) is 5.02 Å². The van der Waals surface area contributed by atoms with Crippen LogP contribution in [0.3, 0.4) is 0 Å². The van der Waals surface area contributed by atoms with Gasteiger partial charge >= 0.3 is 0 Å². The number of methoxy groups -OCH3 is 2. The third kappa shape index (κ3) is 6.11. The van der Waals surface area contributed by atoms with Gasteiger partial charge in [0.2, 0.25) is 5.82 Å². The molecule has 4 rings (SSSR count). The minimum atomic E-state index is -4.10. The second-order valence-corrected chi connectivity index (χ2v) is 13.3. The molecule has 0 aliphatic heterocycles. The summed E-state index contributed by atoms with van der Waals surface area (Å²) in [4.78, 5) is -0.255. The maximum absolute atomic E-state index is 13.4. The summed E-state index contributed by atoms with van der Waals surface area (Å²) in [6.07, 6.45) is -0.703. The fraction of sp³-hybridized carbons (Fsp3) is 0.280. The fourth-order valence-electron chi connectivity index (χ4n) is 4.10. The lowest BCUT2D eigenvalue weighted by molar-refractivity contribution is 0.198. The molecule has 0 spiro atoms. The van der Waals surface area contributed by atoms with E-state index >= 15 is 0 Å². The standard InChI is InChI=1S/C25H26ClN3O8S2/c1-15-8-11-21(37-15)25-28-27-23(29(25)24-19(35-2)6-5-7-20(24)36-3)14-39(33,34)13-18(30)17-10-9-16(26)12-22(17)38(4,31)32/h5-12,18,30H,13-14H2,1-4H3/t18-/m1/s1. The highest BCUT2D eigenvalue weighted by Crippen LogP contribution is 2.37. The van der Waals surface area contributed by atoms with Crippen molar-refractivity contribution in [2.24, 2.45) is 0 Å². The highest BCUT2D eigenvalue weighted by molar-refractivity contribution is 7.91. The van der Waals surface area contributed by atoms with E-state index in [4.69, 9.17) is 25.5 Å². The number of sulfone groups is 2. The summed E-state index contributed by atoms with van der Waals surface area (Å²) >= 11 is 5.94. The van der Waals surface area contributed by atoms with Gasteiger partial charge in [-0.2, -0.15) is 0 Å². The molecule has 0 saturated carbocycles. The van der Waals surface area contributed by atoms with E-state index in [0.29, 0.717) is 28.7 Å². The number of furan rings is 1. The Labute approximate surface area is 230 Å². The van der Waals surface area contributed by atoms with Gasteiger partial charge < -0.3 is 19.0 Å². The SMILES string of the molecule is COc1cccc(OC)c1-n1c(CS(=O)(=O)C[C@@H](O)c2ccc(Cl)cc2S(C)(=O)=O)nnc1-c1ccc(C)o1. The van der Waals surface area contributed by atoms with Gasteiger partial charge in [-0.15, -0.1) is 10.2 Å². The first-order chi connectivity index (χ1) is 18.3. The first-order valence-electron chi connectivity index (χ1n) is 11.4. The van der Waals surface area contributed by atoms with Gasteiger partial charge in [0, 0.05) is 16.8 Å². The number of para-hydroxylation sites is 1. The highest BCUT2D eigenvalue weighted by Gasteiger charge is 2.29. The summed E-state index contributed by atoms with van der Waals surface area (Å²) < 4.78 is 69.5. The van der Waals surface area contributed by atoms with Crippen LogP contribution in [0.1, 0.15) is 23.3 Å². The summed E-state index contributed by atoms with van der Waals surface area (Å²) in [6.45, 7) is 1.75. The Balaban J connectivity index is 1.79. The molecule has 0 amide bonds. The zero-order valence-corrected chi connectivity index (χ0v) is 23.8. The minimum Gasteiger partial charge on any atom is -0.494 e. The number of rotatable bonds is 10. The van der Waals surface area contributed by atoms with Crippen molar-refractivity contribution >= 4 is 31.3 Å². The fourth-order valence-corrected chi connectivity index (χ4v) is 6.67. The monoisotopic (exact) mass is 595 g/mol. The van der Waals surface area contributed by atoms with Gasteiger partial charge in [0.15, 0.2) is 31.3 Å². The number of aryl methyl sites for hydroxylation is 1. The number of nitrogens with zero attached hydrogens (tertiary/aromatic N) is 3. The molecule has 0 saturated heterocycles. The Bertz CT molecular complexity index is 1710. The Morgan fingerprint density at radius 2 is 1.69 bits per heavy atom. The molecule has 0 radical (unpaired) electrons. The second kappa shape index (κ2) is 11.0. The van der Waals surface area contributed by atoms with Crippen LogP contribution in [0.4, 0.5) is 0 Å². The number of aliphatic hydroxyl groups is 1. The van der Waals surface area contributed by atoms with Gasteiger partial charge in [-0.1, -0.05) is 23.7 Å². The Hall–Kier alpha value is -3.39. The molecule has 2 heterocycles.